The van der Waals surface area contributed by atoms with Crippen LogP contribution < -0.4 is 5.69 Å². The second-order valence-electron chi connectivity index (χ2n) is 6.57. The Kier molecular flexibility index (Phi) is 6.67. The number of esters is 1. The molecule has 0 spiro atoms. The maximum atomic E-state index is 13.4. The van der Waals surface area contributed by atoms with E-state index in [0.29, 0.717) is 34.8 Å². The van der Waals surface area contributed by atoms with E-state index in [-0.39, 0.29) is 16.3 Å². The van der Waals surface area contributed by atoms with Gasteiger partial charge in [0, 0.05) is 13.1 Å². The van der Waals surface area contributed by atoms with Crippen LogP contribution in [0.3, 0.4) is 0 Å². The summed E-state index contributed by atoms with van der Waals surface area (Å²) in [6.07, 6.45) is 0. The number of imidazole rings is 1. The minimum atomic E-state index is -0.512. The van der Waals surface area contributed by atoms with Crippen molar-refractivity contribution in [1.29, 1.82) is 0 Å². The van der Waals surface area contributed by atoms with Gasteiger partial charge >= 0.3 is 11.7 Å². The topological polar surface area (TPSA) is 56.5 Å². The molecule has 0 saturated carbocycles. The molecule has 154 valence electrons. The molecule has 0 aliphatic heterocycles. The van der Waals surface area contributed by atoms with E-state index in [0.717, 1.165) is 13.1 Å². The van der Waals surface area contributed by atoms with Crippen molar-refractivity contribution in [3.05, 3.63) is 62.5 Å². The van der Waals surface area contributed by atoms with Crippen molar-refractivity contribution in [3.63, 3.8) is 0 Å². The zero-order valence-corrected chi connectivity index (χ0v) is 18.1. The van der Waals surface area contributed by atoms with Gasteiger partial charge in [-0.3, -0.25) is 9.13 Å². The molecule has 0 saturated heterocycles. The lowest BCUT2D eigenvalue weighted by molar-refractivity contribution is 0.0601. The Bertz CT molecular complexity index is 1100. The fraction of sp³-hybridized carbons (Fsp3) is 0.333. The van der Waals surface area contributed by atoms with Crippen LogP contribution in [0.15, 0.2) is 41.2 Å². The van der Waals surface area contributed by atoms with Crippen LogP contribution in [-0.4, -0.2) is 46.7 Å². The molecule has 2 aromatic carbocycles. The summed E-state index contributed by atoms with van der Waals surface area (Å²) in [5.74, 6) is -0.512. The molecule has 0 unspecified atom stereocenters. The number of fused-ring (bicyclic) bond motifs is 1. The lowest BCUT2D eigenvalue weighted by atomic mass is 10.2. The summed E-state index contributed by atoms with van der Waals surface area (Å²) in [4.78, 5) is 27.7. The molecule has 8 heteroatoms. The molecule has 3 rings (SSSR count). The highest BCUT2D eigenvalue weighted by Crippen LogP contribution is 2.30. The van der Waals surface area contributed by atoms with Crippen molar-refractivity contribution in [2.45, 2.75) is 20.4 Å². The molecule has 29 heavy (non-hydrogen) atoms. The van der Waals surface area contributed by atoms with Crippen molar-refractivity contribution in [3.8, 4) is 5.69 Å². The Hall–Kier alpha value is -2.28. The van der Waals surface area contributed by atoms with Gasteiger partial charge in [0.15, 0.2) is 0 Å². The third-order valence-electron chi connectivity index (χ3n) is 5.03. The molecule has 0 bridgehead atoms. The molecule has 0 aliphatic carbocycles. The zero-order chi connectivity index (χ0) is 21.1. The smallest absolute Gasteiger partial charge is 0.337 e. The number of hydrogen-bond acceptors (Lipinski definition) is 4. The van der Waals surface area contributed by atoms with Gasteiger partial charge in [0.25, 0.3) is 0 Å². The van der Waals surface area contributed by atoms with Gasteiger partial charge in [-0.15, -0.1) is 0 Å². The molecule has 3 aromatic rings. The highest BCUT2D eigenvalue weighted by Gasteiger charge is 2.21. The van der Waals surface area contributed by atoms with Crippen LogP contribution in [0.1, 0.15) is 24.2 Å². The molecule has 0 amide bonds. The number of rotatable bonds is 7. The summed E-state index contributed by atoms with van der Waals surface area (Å²) in [6.45, 7) is 7.05. The number of likely N-dealkylation sites (N-methyl/N-ethyl adjacent to an activating group) is 1. The number of methoxy groups -OCH3 is 1. The van der Waals surface area contributed by atoms with Gasteiger partial charge in [-0.05, 0) is 37.4 Å². The van der Waals surface area contributed by atoms with E-state index in [4.69, 9.17) is 27.9 Å². The summed E-state index contributed by atoms with van der Waals surface area (Å²) in [5.41, 5.74) is 1.65. The maximum absolute atomic E-state index is 13.4. The number of ether oxygens (including phenoxy) is 1. The summed E-state index contributed by atoms with van der Waals surface area (Å²) >= 11 is 12.9. The second kappa shape index (κ2) is 9.03. The Morgan fingerprint density at radius 3 is 2.41 bits per heavy atom. The molecule has 0 radical (unpaired) electrons. The summed E-state index contributed by atoms with van der Waals surface area (Å²) in [5, 5.41) is 0.715. The normalized spacial score (nSPS) is 11.4. The van der Waals surface area contributed by atoms with E-state index in [1.54, 1.807) is 28.8 Å². The predicted molar refractivity (Wildman–Crippen MR) is 117 cm³/mol. The van der Waals surface area contributed by atoms with E-state index >= 15 is 0 Å². The van der Waals surface area contributed by atoms with Crippen molar-refractivity contribution in [1.82, 2.24) is 14.0 Å². The minimum absolute atomic E-state index is 0.260. The second-order valence-corrected chi connectivity index (χ2v) is 7.38. The number of aromatic nitrogens is 2. The van der Waals surface area contributed by atoms with Gasteiger partial charge in [-0.1, -0.05) is 49.2 Å². The maximum Gasteiger partial charge on any atom is 0.337 e. The number of nitrogens with zero attached hydrogens (tertiary/aromatic N) is 3. The van der Waals surface area contributed by atoms with E-state index in [9.17, 15) is 9.59 Å². The van der Waals surface area contributed by atoms with Gasteiger partial charge in [0.2, 0.25) is 0 Å². The number of hydrogen-bond donors (Lipinski definition) is 0. The van der Waals surface area contributed by atoms with Crippen LogP contribution in [0.25, 0.3) is 16.7 Å². The molecular weight excluding hydrogens is 413 g/mol. The molecule has 0 aliphatic rings. The number of para-hydroxylation sites is 1. The monoisotopic (exact) mass is 435 g/mol. The number of benzene rings is 2. The first-order chi connectivity index (χ1) is 13.9. The van der Waals surface area contributed by atoms with Crippen LogP contribution in [-0.2, 0) is 11.3 Å². The van der Waals surface area contributed by atoms with E-state index in [2.05, 4.69) is 18.7 Å². The zero-order valence-electron chi connectivity index (χ0n) is 16.6. The van der Waals surface area contributed by atoms with E-state index < -0.39 is 5.97 Å². The lowest BCUT2D eigenvalue weighted by Gasteiger charge is -2.18. The van der Waals surface area contributed by atoms with Gasteiger partial charge in [-0.2, -0.15) is 0 Å². The first-order valence-corrected chi connectivity index (χ1v) is 10.2. The highest BCUT2D eigenvalue weighted by atomic mass is 35.5. The Morgan fingerprint density at radius 2 is 1.79 bits per heavy atom. The van der Waals surface area contributed by atoms with Crippen molar-refractivity contribution in [2.75, 3.05) is 26.7 Å². The number of carbonyl (C=O) groups excluding carboxylic acids is 1. The van der Waals surface area contributed by atoms with Crippen LogP contribution in [0.4, 0.5) is 0 Å². The molecule has 1 aromatic heterocycles. The fourth-order valence-electron chi connectivity index (χ4n) is 3.42. The number of carbonyl (C=O) groups is 1. The average Bonchev–Trinajstić information content (AvgIpc) is 3.00. The third-order valence-corrected chi connectivity index (χ3v) is 5.64. The standard InChI is InChI=1S/C21H23Cl2N3O3/c1-4-24(5-2)10-11-25-18-13-14(20(27)29-3)12-16(23)19(18)26(21(25)28)17-9-7-6-8-15(17)22/h6-9,12-13H,4-5,10-11H2,1-3H3. The molecule has 0 atom stereocenters. The molecule has 0 fully saturated rings. The van der Waals surface area contributed by atoms with Gasteiger partial charge in [0.1, 0.15) is 0 Å². The quantitative estimate of drug-likeness (QED) is 0.521. The summed E-state index contributed by atoms with van der Waals surface area (Å²) in [7, 11) is 1.31. The van der Waals surface area contributed by atoms with Gasteiger partial charge in [0.05, 0.1) is 39.4 Å². The van der Waals surface area contributed by atoms with Crippen LogP contribution in [0.5, 0.6) is 0 Å². The largest absolute Gasteiger partial charge is 0.465 e. The van der Waals surface area contributed by atoms with Gasteiger partial charge < -0.3 is 9.64 Å². The first-order valence-electron chi connectivity index (χ1n) is 9.43. The predicted octanol–water partition coefficient (Wildman–Crippen LogP) is 4.23. The highest BCUT2D eigenvalue weighted by molar-refractivity contribution is 6.36. The van der Waals surface area contributed by atoms with Crippen molar-refractivity contribution < 1.29 is 9.53 Å². The third kappa shape index (κ3) is 4.06. The average molecular weight is 436 g/mol. The molecular formula is C21H23Cl2N3O3. The summed E-state index contributed by atoms with van der Waals surface area (Å²) < 4.78 is 7.97. The SMILES string of the molecule is CCN(CC)CCn1c(=O)n(-c2ccccc2Cl)c2c(Cl)cc(C(=O)OC)cc21. The van der Waals surface area contributed by atoms with Crippen LogP contribution in [0, 0.1) is 0 Å². The molecule has 1 heterocycles. The number of halogens is 2. The van der Waals surface area contributed by atoms with Gasteiger partial charge in [-0.25, -0.2) is 9.59 Å². The van der Waals surface area contributed by atoms with E-state index in [1.165, 1.54) is 17.7 Å². The first kappa shape index (κ1) is 21.4. The molecule has 6 nitrogen and oxygen atoms in total. The summed E-state index contributed by atoms with van der Waals surface area (Å²) in [6, 6.07) is 10.2. The minimum Gasteiger partial charge on any atom is -0.465 e. The Labute approximate surface area is 179 Å². The lowest BCUT2D eigenvalue weighted by Crippen LogP contribution is -2.31. The van der Waals surface area contributed by atoms with Crippen molar-refractivity contribution in [2.24, 2.45) is 0 Å². The van der Waals surface area contributed by atoms with E-state index in [1.807, 2.05) is 6.07 Å². The van der Waals surface area contributed by atoms with Crippen LogP contribution >= 0.6 is 23.2 Å². The van der Waals surface area contributed by atoms with Crippen LogP contribution in [0.2, 0.25) is 10.0 Å². The van der Waals surface area contributed by atoms with Crippen molar-refractivity contribution >= 4 is 40.2 Å². The molecule has 0 N–H and O–H groups in total. The Balaban J connectivity index is 2.29. The Morgan fingerprint density at radius 1 is 1.10 bits per heavy atom. The fourth-order valence-corrected chi connectivity index (χ4v) is 3.94.